The summed E-state index contributed by atoms with van der Waals surface area (Å²) in [7, 11) is 1.59. The van der Waals surface area contributed by atoms with Crippen molar-refractivity contribution >= 4 is 11.6 Å². The first-order valence-corrected chi connectivity index (χ1v) is 8.04. The van der Waals surface area contributed by atoms with Gasteiger partial charge < -0.3 is 14.8 Å². The summed E-state index contributed by atoms with van der Waals surface area (Å²) in [4.78, 5) is 12.5. The highest BCUT2D eigenvalue weighted by Gasteiger charge is 2.32. The third kappa shape index (κ3) is 5.68. The molecule has 1 amide bonds. The average Bonchev–Trinajstić information content (AvgIpc) is 2.48. The van der Waals surface area contributed by atoms with Crippen molar-refractivity contribution in [1.82, 2.24) is 0 Å². The number of carbonyl (C=O) groups is 1. The normalized spacial score (nSPS) is 13.7. The first kappa shape index (κ1) is 18.5. The van der Waals surface area contributed by atoms with Gasteiger partial charge in [-0.05, 0) is 51.5 Å². The predicted octanol–water partition coefficient (Wildman–Crippen LogP) is 4.40. The lowest BCUT2D eigenvalue weighted by atomic mass is 9.97. The number of carbonyl (C=O) groups excluding carboxylic acids is 1. The molecule has 0 heterocycles. The Morgan fingerprint density at radius 3 is 2.36 bits per heavy atom. The monoisotopic (exact) mass is 307 g/mol. The summed E-state index contributed by atoms with van der Waals surface area (Å²) in [6.45, 7) is 7.95. The van der Waals surface area contributed by atoms with Crippen LogP contribution in [0.1, 0.15) is 53.4 Å². The summed E-state index contributed by atoms with van der Waals surface area (Å²) in [6.07, 6.45) is 4.06. The van der Waals surface area contributed by atoms with Crippen LogP contribution in [0, 0.1) is 0 Å². The number of ether oxygens (including phenoxy) is 2. The van der Waals surface area contributed by atoms with Gasteiger partial charge in [0, 0.05) is 12.8 Å². The van der Waals surface area contributed by atoms with Crippen LogP contribution in [0.3, 0.4) is 0 Å². The SMILES string of the molecule is CCCCC[C@@](C)(OC)C(=O)Nc1ccc(OC(C)C)cc1. The molecule has 1 atom stereocenters. The van der Waals surface area contributed by atoms with E-state index < -0.39 is 5.60 Å². The van der Waals surface area contributed by atoms with Gasteiger partial charge in [-0.3, -0.25) is 4.79 Å². The molecule has 0 radical (unpaired) electrons. The minimum Gasteiger partial charge on any atom is -0.491 e. The highest BCUT2D eigenvalue weighted by atomic mass is 16.5. The molecule has 4 nitrogen and oxygen atoms in total. The molecule has 0 aliphatic carbocycles. The maximum Gasteiger partial charge on any atom is 0.256 e. The zero-order valence-corrected chi connectivity index (χ0v) is 14.4. The molecule has 1 rings (SSSR count). The number of hydrogen-bond acceptors (Lipinski definition) is 3. The molecular formula is C18H29NO3. The van der Waals surface area contributed by atoms with E-state index in [0.29, 0.717) is 0 Å². The van der Waals surface area contributed by atoms with E-state index >= 15 is 0 Å². The Morgan fingerprint density at radius 2 is 1.86 bits per heavy atom. The van der Waals surface area contributed by atoms with Gasteiger partial charge in [0.05, 0.1) is 6.10 Å². The van der Waals surface area contributed by atoms with Gasteiger partial charge in [0.25, 0.3) is 5.91 Å². The number of hydrogen-bond donors (Lipinski definition) is 1. The zero-order valence-electron chi connectivity index (χ0n) is 14.4. The standard InChI is InChI=1S/C18H29NO3/c1-6-7-8-13-18(4,21-5)17(20)19-15-9-11-16(12-10-15)22-14(2)3/h9-12,14H,6-8,13H2,1-5H3,(H,19,20)/t18-/m1/s1. The van der Waals surface area contributed by atoms with E-state index in [-0.39, 0.29) is 12.0 Å². The Morgan fingerprint density at radius 1 is 1.23 bits per heavy atom. The van der Waals surface area contributed by atoms with E-state index in [1.165, 1.54) is 0 Å². The van der Waals surface area contributed by atoms with Crippen LogP contribution in [0.4, 0.5) is 5.69 Å². The number of benzene rings is 1. The van der Waals surface area contributed by atoms with E-state index in [0.717, 1.165) is 37.1 Å². The minimum absolute atomic E-state index is 0.108. The molecule has 1 aromatic rings. The molecule has 0 bridgehead atoms. The van der Waals surface area contributed by atoms with Crippen LogP contribution < -0.4 is 10.1 Å². The van der Waals surface area contributed by atoms with Crippen molar-refractivity contribution < 1.29 is 14.3 Å². The van der Waals surface area contributed by atoms with Crippen molar-refractivity contribution in [3.05, 3.63) is 24.3 Å². The number of amides is 1. The summed E-state index contributed by atoms with van der Waals surface area (Å²) in [5, 5.41) is 2.92. The van der Waals surface area contributed by atoms with E-state index in [9.17, 15) is 4.79 Å². The summed E-state index contributed by atoms with van der Waals surface area (Å²) >= 11 is 0. The van der Waals surface area contributed by atoms with Crippen LogP contribution in [0.2, 0.25) is 0 Å². The molecule has 0 aromatic heterocycles. The fourth-order valence-corrected chi connectivity index (χ4v) is 2.17. The predicted molar refractivity (Wildman–Crippen MR) is 90.4 cm³/mol. The van der Waals surface area contributed by atoms with Gasteiger partial charge in [-0.2, -0.15) is 0 Å². The molecule has 0 saturated heterocycles. The van der Waals surface area contributed by atoms with Crippen LogP contribution in [-0.4, -0.2) is 24.7 Å². The smallest absolute Gasteiger partial charge is 0.256 e. The quantitative estimate of drug-likeness (QED) is 0.688. The molecular weight excluding hydrogens is 278 g/mol. The van der Waals surface area contributed by atoms with E-state index in [1.54, 1.807) is 7.11 Å². The first-order chi connectivity index (χ1) is 10.4. The van der Waals surface area contributed by atoms with Gasteiger partial charge in [0.15, 0.2) is 0 Å². The van der Waals surface area contributed by atoms with Crippen molar-refractivity contribution in [1.29, 1.82) is 0 Å². The lowest BCUT2D eigenvalue weighted by Crippen LogP contribution is -2.41. The van der Waals surface area contributed by atoms with Gasteiger partial charge >= 0.3 is 0 Å². The summed E-state index contributed by atoms with van der Waals surface area (Å²) in [5.74, 6) is 0.689. The van der Waals surface area contributed by atoms with Crippen molar-refractivity contribution in [3.8, 4) is 5.75 Å². The molecule has 124 valence electrons. The van der Waals surface area contributed by atoms with Crippen LogP contribution >= 0.6 is 0 Å². The Balaban J connectivity index is 2.65. The maximum atomic E-state index is 12.5. The molecule has 0 spiro atoms. The number of unbranched alkanes of at least 4 members (excludes halogenated alkanes) is 2. The van der Waals surface area contributed by atoms with Crippen LogP contribution in [0.5, 0.6) is 5.75 Å². The van der Waals surface area contributed by atoms with E-state index in [1.807, 2.05) is 45.0 Å². The summed E-state index contributed by atoms with van der Waals surface area (Å²) in [5.41, 5.74) is -0.0395. The highest BCUT2D eigenvalue weighted by molar-refractivity contribution is 5.97. The van der Waals surface area contributed by atoms with Gasteiger partial charge in [-0.15, -0.1) is 0 Å². The van der Waals surface area contributed by atoms with Gasteiger partial charge in [-0.25, -0.2) is 0 Å². The molecule has 0 aliphatic heterocycles. The Hall–Kier alpha value is -1.55. The van der Waals surface area contributed by atoms with E-state index in [2.05, 4.69) is 12.2 Å². The molecule has 22 heavy (non-hydrogen) atoms. The molecule has 4 heteroatoms. The molecule has 0 saturated carbocycles. The van der Waals surface area contributed by atoms with Crippen molar-refractivity contribution in [2.24, 2.45) is 0 Å². The number of methoxy groups -OCH3 is 1. The third-order valence-electron chi connectivity index (χ3n) is 3.67. The molecule has 0 aliphatic rings. The third-order valence-corrected chi connectivity index (χ3v) is 3.67. The highest BCUT2D eigenvalue weighted by Crippen LogP contribution is 2.22. The fourth-order valence-electron chi connectivity index (χ4n) is 2.17. The molecule has 1 aromatic carbocycles. The fraction of sp³-hybridized carbons (Fsp3) is 0.611. The second kappa shape index (κ2) is 8.79. The van der Waals surface area contributed by atoms with Crippen molar-refractivity contribution in [3.63, 3.8) is 0 Å². The lowest BCUT2D eigenvalue weighted by molar-refractivity contribution is -0.136. The summed E-state index contributed by atoms with van der Waals surface area (Å²) < 4.78 is 11.0. The Kier molecular flexibility index (Phi) is 7.39. The number of anilines is 1. The van der Waals surface area contributed by atoms with Gasteiger partial charge in [-0.1, -0.05) is 26.2 Å². The van der Waals surface area contributed by atoms with Crippen molar-refractivity contribution in [2.45, 2.75) is 65.1 Å². The molecule has 1 N–H and O–H groups in total. The zero-order chi connectivity index (χ0) is 16.6. The number of rotatable bonds is 9. The Bertz CT molecular complexity index is 456. The first-order valence-electron chi connectivity index (χ1n) is 8.04. The topological polar surface area (TPSA) is 47.6 Å². The lowest BCUT2D eigenvalue weighted by Gasteiger charge is -2.27. The second-order valence-corrected chi connectivity index (χ2v) is 6.04. The average molecular weight is 307 g/mol. The Labute approximate surface area is 134 Å². The van der Waals surface area contributed by atoms with Gasteiger partial charge in [0.1, 0.15) is 11.4 Å². The van der Waals surface area contributed by atoms with Crippen LogP contribution in [0.15, 0.2) is 24.3 Å². The minimum atomic E-state index is -0.789. The van der Waals surface area contributed by atoms with Crippen LogP contribution in [0.25, 0.3) is 0 Å². The maximum absolute atomic E-state index is 12.5. The van der Waals surface area contributed by atoms with E-state index in [4.69, 9.17) is 9.47 Å². The number of nitrogens with one attached hydrogen (secondary N) is 1. The largest absolute Gasteiger partial charge is 0.491 e. The molecule has 0 unspecified atom stereocenters. The molecule has 0 fully saturated rings. The summed E-state index contributed by atoms with van der Waals surface area (Å²) in [6, 6.07) is 7.41. The second-order valence-electron chi connectivity index (χ2n) is 6.04. The van der Waals surface area contributed by atoms with Crippen molar-refractivity contribution in [2.75, 3.05) is 12.4 Å². The van der Waals surface area contributed by atoms with Gasteiger partial charge in [0.2, 0.25) is 0 Å². The van der Waals surface area contributed by atoms with Crippen LogP contribution in [-0.2, 0) is 9.53 Å².